The summed E-state index contributed by atoms with van der Waals surface area (Å²) in [4.78, 5) is 4.27. The Kier molecular flexibility index (Phi) is 4.11. The minimum Gasteiger partial charge on any atom is -0.481 e. The number of aryl methyl sites for hydroxylation is 1. The van der Waals surface area contributed by atoms with E-state index in [1.807, 2.05) is 12.1 Å². The summed E-state index contributed by atoms with van der Waals surface area (Å²) < 4.78 is 10.5. The predicted molar refractivity (Wildman–Crippen MR) is 66.4 cm³/mol. The summed E-state index contributed by atoms with van der Waals surface area (Å²) >= 11 is 0. The molecule has 2 aromatic rings. The van der Waals surface area contributed by atoms with E-state index in [0.29, 0.717) is 24.3 Å². The molecular formula is C12H16N4O2. The molecule has 2 aromatic heterocycles. The topological polar surface area (TPSA) is 73.1 Å². The molecule has 2 rings (SSSR count). The molecule has 0 fully saturated rings. The summed E-state index contributed by atoms with van der Waals surface area (Å²) in [5, 5.41) is 10.9. The molecule has 0 radical (unpaired) electrons. The van der Waals surface area contributed by atoms with Crippen LogP contribution in [0.4, 0.5) is 6.01 Å². The molecule has 96 valence electrons. The number of aromatic nitrogens is 3. The summed E-state index contributed by atoms with van der Waals surface area (Å²) in [7, 11) is 1.59. The number of hydrogen-bond acceptors (Lipinski definition) is 6. The van der Waals surface area contributed by atoms with Crippen molar-refractivity contribution in [1.82, 2.24) is 15.2 Å². The SMILES string of the molecule is CCCc1nnc(NCc2cccc(OC)n2)o1. The van der Waals surface area contributed by atoms with E-state index in [9.17, 15) is 0 Å². The van der Waals surface area contributed by atoms with Crippen molar-refractivity contribution in [2.45, 2.75) is 26.3 Å². The zero-order valence-electron chi connectivity index (χ0n) is 10.5. The van der Waals surface area contributed by atoms with Crippen LogP contribution in [0.1, 0.15) is 24.9 Å². The molecule has 0 saturated carbocycles. The van der Waals surface area contributed by atoms with Crippen LogP contribution in [-0.4, -0.2) is 22.3 Å². The first-order chi connectivity index (χ1) is 8.81. The molecule has 1 N–H and O–H groups in total. The van der Waals surface area contributed by atoms with Gasteiger partial charge in [0.05, 0.1) is 19.3 Å². The van der Waals surface area contributed by atoms with Crippen LogP contribution in [-0.2, 0) is 13.0 Å². The molecule has 2 heterocycles. The van der Waals surface area contributed by atoms with Crippen LogP contribution in [0.15, 0.2) is 22.6 Å². The number of methoxy groups -OCH3 is 1. The predicted octanol–water partition coefficient (Wildman–Crippen LogP) is 2.04. The normalized spacial score (nSPS) is 10.3. The minimum atomic E-state index is 0.420. The highest BCUT2D eigenvalue weighted by Crippen LogP contribution is 2.10. The lowest BCUT2D eigenvalue weighted by atomic mass is 10.3. The van der Waals surface area contributed by atoms with E-state index < -0.39 is 0 Å². The van der Waals surface area contributed by atoms with Gasteiger partial charge in [-0.25, -0.2) is 4.98 Å². The third kappa shape index (κ3) is 3.19. The second kappa shape index (κ2) is 6.00. The number of anilines is 1. The molecule has 0 aliphatic rings. The Morgan fingerprint density at radius 2 is 2.22 bits per heavy atom. The fourth-order valence-electron chi connectivity index (χ4n) is 1.48. The van der Waals surface area contributed by atoms with Gasteiger partial charge >= 0.3 is 6.01 Å². The second-order valence-corrected chi connectivity index (χ2v) is 3.78. The van der Waals surface area contributed by atoms with E-state index in [1.54, 1.807) is 13.2 Å². The van der Waals surface area contributed by atoms with Crippen LogP contribution in [0.5, 0.6) is 5.88 Å². The van der Waals surface area contributed by atoms with Crippen LogP contribution in [0, 0.1) is 0 Å². The quantitative estimate of drug-likeness (QED) is 0.843. The van der Waals surface area contributed by atoms with Crippen molar-refractivity contribution in [2.75, 3.05) is 12.4 Å². The lowest BCUT2D eigenvalue weighted by Crippen LogP contribution is -2.02. The first-order valence-corrected chi connectivity index (χ1v) is 5.88. The average molecular weight is 248 g/mol. The Morgan fingerprint density at radius 1 is 1.33 bits per heavy atom. The molecule has 0 unspecified atom stereocenters. The van der Waals surface area contributed by atoms with Gasteiger partial charge in [0.15, 0.2) is 0 Å². The lowest BCUT2D eigenvalue weighted by Gasteiger charge is -2.03. The van der Waals surface area contributed by atoms with E-state index in [2.05, 4.69) is 27.4 Å². The maximum atomic E-state index is 5.41. The number of rotatable bonds is 6. The Balaban J connectivity index is 1.93. The Bertz CT molecular complexity index is 498. The molecule has 0 aliphatic carbocycles. The van der Waals surface area contributed by atoms with Crippen LogP contribution in [0.2, 0.25) is 0 Å². The number of nitrogens with one attached hydrogen (secondary N) is 1. The maximum absolute atomic E-state index is 5.41. The van der Waals surface area contributed by atoms with Crippen molar-refractivity contribution in [1.29, 1.82) is 0 Å². The van der Waals surface area contributed by atoms with Gasteiger partial charge < -0.3 is 14.5 Å². The van der Waals surface area contributed by atoms with Crippen LogP contribution < -0.4 is 10.1 Å². The highest BCUT2D eigenvalue weighted by Gasteiger charge is 2.05. The van der Waals surface area contributed by atoms with E-state index in [-0.39, 0.29) is 0 Å². The Labute approximate surface area is 105 Å². The third-order valence-corrected chi connectivity index (χ3v) is 2.34. The number of ether oxygens (including phenoxy) is 1. The molecule has 0 bridgehead atoms. The van der Waals surface area contributed by atoms with Crippen LogP contribution in [0.3, 0.4) is 0 Å². The molecule has 6 heteroatoms. The lowest BCUT2D eigenvalue weighted by molar-refractivity contribution is 0.396. The first kappa shape index (κ1) is 12.3. The standard InChI is InChI=1S/C12H16N4O2/c1-3-5-11-15-16-12(18-11)13-8-9-6-4-7-10(14-9)17-2/h4,6-7H,3,5,8H2,1-2H3,(H,13,16). The van der Waals surface area contributed by atoms with Crippen molar-refractivity contribution >= 4 is 6.01 Å². The van der Waals surface area contributed by atoms with Crippen molar-refractivity contribution in [3.8, 4) is 5.88 Å². The second-order valence-electron chi connectivity index (χ2n) is 3.78. The molecule has 0 spiro atoms. The minimum absolute atomic E-state index is 0.420. The number of pyridine rings is 1. The van der Waals surface area contributed by atoms with E-state index in [4.69, 9.17) is 9.15 Å². The molecular weight excluding hydrogens is 232 g/mol. The Morgan fingerprint density at radius 3 is 3.00 bits per heavy atom. The van der Waals surface area contributed by atoms with Gasteiger partial charge in [0.2, 0.25) is 11.8 Å². The van der Waals surface area contributed by atoms with Gasteiger partial charge in [0.25, 0.3) is 0 Å². The van der Waals surface area contributed by atoms with Gasteiger partial charge in [-0.2, -0.15) is 0 Å². The van der Waals surface area contributed by atoms with Crippen molar-refractivity contribution in [3.05, 3.63) is 29.8 Å². The summed E-state index contributed by atoms with van der Waals surface area (Å²) in [6.45, 7) is 2.59. The first-order valence-electron chi connectivity index (χ1n) is 5.88. The fraction of sp³-hybridized carbons (Fsp3) is 0.417. The highest BCUT2D eigenvalue weighted by atomic mass is 16.5. The number of hydrogen-bond donors (Lipinski definition) is 1. The van der Waals surface area contributed by atoms with Crippen LogP contribution in [0.25, 0.3) is 0 Å². The third-order valence-electron chi connectivity index (χ3n) is 2.34. The van der Waals surface area contributed by atoms with Crippen molar-refractivity contribution in [2.24, 2.45) is 0 Å². The van der Waals surface area contributed by atoms with Gasteiger partial charge in [0.1, 0.15) is 0 Å². The maximum Gasteiger partial charge on any atom is 0.315 e. The number of nitrogens with zero attached hydrogens (tertiary/aromatic N) is 3. The average Bonchev–Trinajstić information content (AvgIpc) is 2.85. The molecule has 18 heavy (non-hydrogen) atoms. The van der Waals surface area contributed by atoms with Gasteiger partial charge in [-0.05, 0) is 12.5 Å². The molecule has 0 saturated heterocycles. The van der Waals surface area contributed by atoms with E-state index in [0.717, 1.165) is 18.5 Å². The molecule has 0 amide bonds. The van der Waals surface area contributed by atoms with Crippen LogP contribution >= 0.6 is 0 Å². The largest absolute Gasteiger partial charge is 0.481 e. The highest BCUT2D eigenvalue weighted by molar-refractivity contribution is 5.22. The van der Waals surface area contributed by atoms with Gasteiger partial charge in [-0.1, -0.05) is 18.1 Å². The Hall–Kier alpha value is -2.11. The molecule has 0 aliphatic heterocycles. The monoisotopic (exact) mass is 248 g/mol. The van der Waals surface area contributed by atoms with Gasteiger partial charge in [-0.3, -0.25) is 0 Å². The van der Waals surface area contributed by atoms with Crippen molar-refractivity contribution < 1.29 is 9.15 Å². The summed E-state index contributed by atoms with van der Waals surface area (Å²) in [5.74, 6) is 1.24. The van der Waals surface area contributed by atoms with E-state index in [1.165, 1.54) is 0 Å². The van der Waals surface area contributed by atoms with Gasteiger partial charge in [0, 0.05) is 12.5 Å². The van der Waals surface area contributed by atoms with Gasteiger partial charge in [-0.15, -0.1) is 5.10 Å². The summed E-state index contributed by atoms with van der Waals surface area (Å²) in [6.07, 6.45) is 1.78. The molecule has 6 nitrogen and oxygen atoms in total. The van der Waals surface area contributed by atoms with Crippen molar-refractivity contribution in [3.63, 3.8) is 0 Å². The van der Waals surface area contributed by atoms with E-state index >= 15 is 0 Å². The molecule has 0 atom stereocenters. The molecule has 0 aromatic carbocycles. The smallest absolute Gasteiger partial charge is 0.315 e. The summed E-state index contributed by atoms with van der Waals surface area (Å²) in [6, 6.07) is 6.01. The zero-order valence-corrected chi connectivity index (χ0v) is 10.5. The fourth-order valence-corrected chi connectivity index (χ4v) is 1.48. The summed E-state index contributed by atoms with van der Waals surface area (Å²) in [5.41, 5.74) is 0.851. The zero-order chi connectivity index (χ0) is 12.8.